The predicted octanol–water partition coefficient (Wildman–Crippen LogP) is 2.31. The molecule has 0 bridgehead atoms. The van der Waals surface area contributed by atoms with Gasteiger partial charge in [0.2, 0.25) is 0 Å². The molecular formula is C48H87N3O15. The number of rotatable bonds is 6. The standard InChI is InChI=1S/C48H87N3O15/c1-43-46(40-49-4-10-52-16-22-58-28-34-64-35-29-59-23-17-53-11-5-49)44(2)48(42-51-8-14-56-20-26-62-32-38-66-39-33-63-27-21-57-15-9-51)45(3)47(43)41-50-6-12-54-18-24-60-30-36-65-37-31-61-25-19-55-13-7-50/h4-42H2,1-3H3. The maximum Gasteiger partial charge on any atom is 0.0701 e. The third-order valence-electron chi connectivity index (χ3n) is 11.6. The van der Waals surface area contributed by atoms with E-state index in [-0.39, 0.29) is 0 Å². The molecule has 0 unspecified atom stereocenters. The summed E-state index contributed by atoms with van der Waals surface area (Å²) < 4.78 is 87.8. The van der Waals surface area contributed by atoms with Gasteiger partial charge in [0.05, 0.1) is 198 Å². The predicted molar refractivity (Wildman–Crippen MR) is 249 cm³/mol. The molecule has 0 N–H and O–H groups in total. The lowest BCUT2D eigenvalue weighted by Crippen LogP contribution is -2.35. The van der Waals surface area contributed by atoms with Crippen LogP contribution in [0.15, 0.2) is 0 Å². The van der Waals surface area contributed by atoms with Gasteiger partial charge in [-0.15, -0.1) is 0 Å². The molecule has 0 aromatic heterocycles. The number of ether oxygens (including phenoxy) is 15. The summed E-state index contributed by atoms with van der Waals surface area (Å²) in [5.74, 6) is 0. The van der Waals surface area contributed by atoms with Crippen LogP contribution in [-0.2, 0) is 90.7 Å². The zero-order chi connectivity index (χ0) is 46.4. The molecule has 0 saturated carbocycles. The first-order valence-corrected chi connectivity index (χ1v) is 24.6. The summed E-state index contributed by atoms with van der Waals surface area (Å²) in [6.07, 6.45) is 0. The van der Waals surface area contributed by atoms with E-state index in [1.54, 1.807) is 0 Å². The summed E-state index contributed by atoms with van der Waals surface area (Å²) >= 11 is 0. The highest BCUT2D eigenvalue weighted by Gasteiger charge is 2.23. The minimum absolute atomic E-state index is 0.527. The third-order valence-corrected chi connectivity index (χ3v) is 11.6. The van der Waals surface area contributed by atoms with Crippen molar-refractivity contribution in [2.45, 2.75) is 40.4 Å². The van der Waals surface area contributed by atoms with Crippen LogP contribution in [0.25, 0.3) is 0 Å². The van der Waals surface area contributed by atoms with Crippen LogP contribution >= 0.6 is 0 Å². The number of hydrogen-bond donors (Lipinski definition) is 0. The van der Waals surface area contributed by atoms with Crippen LogP contribution in [0.1, 0.15) is 33.4 Å². The first kappa shape index (κ1) is 57.1. The maximum absolute atomic E-state index is 6.10. The summed E-state index contributed by atoms with van der Waals surface area (Å²) in [6, 6.07) is 0. The van der Waals surface area contributed by atoms with Gasteiger partial charge >= 0.3 is 0 Å². The van der Waals surface area contributed by atoms with Gasteiger partial charge in [0.25, 0.3) is 0 Å². The monoisotopic (exact) mass is 946 g/mol. The average Bonchev–Trinajstić information content (AvgIpc) is 3.31. The molecule has 3 aliphatic heterocycles. The van der Waals surface area contributed by atoms with E-state index in [4.69, 9.17) is 71.1 Å². The Labute approximate surface area is 396 Å². The second-order valence-corrected chi connectivity index (χ2v) is 16.3. The van der Waals surface area contributed by atoms with Crippen LogP contribution in [0.2, 0.25) is 0 Å². The molecule has 3 heterocycles. The molecular weight excluding hydrogens is 859 g/mol. The molecule has 0 radical (unpaired) electrons. The lowest BCUT2D eigenvalue weighted by atomic mass is 9.87. The van der Waals surface area contributed by atoms with E-state index in [2.05, 4.69) is 35.5 Å². The Balaban J connectivity index is 1.59. The van der Waals surface area contributed by atoms with Gasteiger partial charge in [0, 0.05) is 58.9 Å². The van der Waals surface area contributed by atoms with Gasteiger partial charge in [-0.25, -0.2) is 0 Å². The Morgan fingerprint density at radius 3 is 0.470 bits per heavy atom. The van der Waals surface area contributed by atoms with E-state index < -0.39 is 0 Å². The Hall–Kier alpha value is -1.50. The van der Waals surface area contributed by atoms with E-state index in [1.165, 1.54) is 33.4 Å². The average molecular weight is 946 g/mol. The second kappa shape index (κ2) is 39.2. The van der Waals surface area contributed by atoms with Crippen molar-refractivity contribution in [3.05, 3.63) is 33.4 Å². The molecule has 66 heavy (non-hydrogen) atoms. The van der Waals surface area contributed by atoms with E-state index in [0.29, 0.717) is 198 Å². The van der Waals surface area contributed by atoms with Crippen molar-refractivity contribution in [2.75, 3.05) is 237 Å². The first-order valence-electron chi connectivity index (χ1n) is 24.6. The summed E-state index contributed by atoms with van der Waals surface area (Å²) in [4.78, 5) is 7.38. The van der Waals surface area contributed by atoms with Crippen molar-refractivity contribution in [1.29, 1.82) is 0 Å². The minimum atomic E-state index is 0.527. The van der Waals surface area contributed by atoms with Crippen LogP contribution in [0.3, 0.4) is 0 Å². The van der Waals surface area contributed by atoms with Crippen LogP contribution in [-0.4, -0.2) is 252 Å². The number of benzene rings is 1. The van der Waals surface area contributed by atoms with Crippen LogP contribution in [0.5, 0.6) is 0 Å². The van der Waals surface area contributed by atoms with Gasteiger partial charge < -0.3 is 71.1 Å². The normalized spacial score (nSPS) is 23.3. The van der Waals surface area contributed by atoms with Gasteiger partial charge in [0.1, 0.15) is 0 Å². The van der Waals surface area contributed by atoms with E-state index >= 15 is 0 Å². The Bertz CT molecular complexity index is 1090. The fourth-order valence-electron chi connectivity index (χ4n) is 7.69. The molecule has 0 atom stereocenters. The molecule has 18 nitrogen and oxygen atoms in total. The van der Waals surface area contributed by atoms with Crippen molar-refractivity contribution >= 4 is 0 Å². The number of nitrogens with zero attached hydrogens (tertiary/aromatic N) is 3. The molecule has 1 aromatic carbocycles. The topological polar surface area (TPSA) is 148 Å². The van der Waals surface area contributed by atoms with Crippen molar-refractivity contribution in [2.24, 2.45) is 0 Å². The van der Waals surface area contributed by atoms with Crippen molar-refractivity contribution in [1.82, 2.24) is 14.7 Å². The number of hydrogen-bond acceptors (Lipinski definition) is 18. The fourth-order valence-corrected chi connectivity index (χ4v) is 7.69. The van der Waals surface area contributed by atoms with E-state index in [9.17, 15) is 0 Å². The third kappa shape index (κ3) is 26.5. The smallest absolute Gasteiger partial charge is 0.0701 e. The Kier molecular flexibility index (Phi) is 33.9. The highest BCUT2D eigenvalue weighted by Crippen LogP contribution is 2.31. The van der Waals surface area contributed by atoms with Crippen molar-refractivity contribution in [3.63, 3.8) is 0 Å². The van der Waals surface area contributed by atoms with Crippen LogP contribution in [0.4, 0.5) is 0 Å². The van der Waals surface area contributed by atoms with Gasteiger partial charge in [-0.05, 0) is 54.2 Å². The first-order chi connectivity index (χ1) is 32.6. The van der Waals surface area contributed by atoms with Crippen LogP contribution < -0.4 is 0 Å². The molecule has 0 spiro atoms. The molecule has 384 valence electrons. The van der Waals surface area contributed by atoms with E-state index in [0.717, 1.165) is 58.9 Å². The van der Waals surface area contributed by atoms with Crippen molar-refractivity contribution < 1.29 is 71.1 Å². The molecule has 4 rings (SSSR count). The Morgan fingerprint density at radius 2 is 0.333 bits per heavy atom. The van der Waals surface area contributed by atoms with Gasteiger partial charge in [-0.1, -0.05) is 0 Å². The zero-order valence-electron chi connectivity index (χ0n) is 41.0. The largest absolute Gasteiger partial charge is 0.378 e. The quantitative estimate of drug-likeness (QED) is 0.411. The van der Waals surface area contributed by atoms with E-state index in [1.807, 2.05) is 0 Å². The SMILES string of the molecule is Cc1c(CN2CCOCCOCCOCCOCCOCC2)c(C)c(CN2CCOCCOCCOCCOCCOCC2)c(C)c1CN1CCOCCOCCOCCOCCOCC1. The summed E-state index contributed by atoms with van der Waals surface area (Å²) in [5.41, 5.74) is 7.92. The molecule has 3 fully saturated rings. The molecule has 0 aliphatic carbocycles. The van der Waals surface area contributed by atoms with Crippen LogP contribution in [0, 0.1) is 20.8 Å². The lowest BCUT2D eigenvalue weighted by molar-refractivity contribution is -0.0192. The van der Waals surface area contributed by atoms with Gasteiger partial charge in [-0.2, -0.15) is 0 Å². The fraction of sp³-hybridized carbons (Fsp3) is 0.875. The highest BCUT2D eigenvalue weighted by atomic mass is 16.6. The molecule has 18 heteroatoms. The van der Waals surface area contributed by atoms with Crippen molar-refractivity contribution in [3.8, 4) is 0 Å². The molecule has 1 aromatic rings. The summed E-state index contributed by atoms with van der Waals surface area (Å²) in [6.45, 7) is 29.9. The summed E-state index contributed by atoms with van der Waals surface area (Å²) in [7, 11) is 0. The highest BCUT2D eigenvalue weighted by molar-refractivity contribution is 5.50. The summed E-state index contributed by atoms with van der Waals surface area (Å²) in [5, 5.41) is 0. The molecule has 3 aliphatic rings. The molecule has 0 amide bonds. The molecule has 3 saturated heterocycles. The zero-order valence-corrected chi connectivity index (χ0v) is 41.0. The minimum Gasteiger partial charge on any atom is -0.378 e. The lowest BCUT2D eigenvalue weighted by Gasteiger charge is -2.32. The second-order valence-electron chi connectivity index (χ2n) is 16.3. The van der Waals surface area contributed by atoms with Gasteiger partial charge in [0.15, 0.2) is 0 Å². The Morgan fingerprint density at radius 1 is 0.212 bits per heavy atom. The van der Waals surface area contributed by atoms with Gasteiger partial charge in [-0.3, -0.25) is 14.7 Å². The maximum atomic E-state index is 6.10.